The lowest BCUT2D eigenvalue weighted by atomic mass is 11.3. The standard InChI is InChI=1S/C2H8OSi2.H2O/c1-2-5-3-4;/h2H,1,5H2,4H3;1H2. The third kappa shape index (κ3) is 8.94. The number of rotatable bonds is 2. The smallest absolute Gasteiger partial charge is 0.170 e. The van der Waals surface area contributed by atoms with Gasteiger partial charge in [0.2, 0.25) is 0 Å². The van der Waals surface area contributed by atoms with Gasteiger partial charge >= 0.3 is 0 Å². The van der Waals surface area contributed by atoms with Gasteiger partial charge in [0, 0.05) is 0 Å². The van der Waals surface area contributed by atoms with E-state index in [4.69, 9.17) is 4.12 Å². The van der Waals surface area contributed by atoms with E-state index in [9.17, 15) is 0 Å². The fraction of sp³-hybridized carbons (Fsp3) is 0. The molecule has 0 bridgehead atoms. The summed E-state index contributed by atoms with van der Waals surface area (Å²) in [5.41, 5.74) is 1.88. The lowest BCUT2D eigenvalue weighted by Gasteiger charge is -1.79. The fourth-order valence-electron chi connectivity index (χ4n) is 0.118. The second kappa shape index (κ2) is 8.92. The Bertz CT molecular complexity index is 30.7. The highest BCUT2D eigenvalue weighted by Gasteiger charge is 1.61. The first-order valence-electron chi connectivity index (χ1n) is 1.51. The predicted molar refractivity (Wildman–Crippen MR) is 33.4 cm³/mol. The zero-order valence-corrected chi connectivity index (χ0v) is 7.31. The molecule has 0 aromatic carbocycles. The van der Waals surface area contributed by atoms with Crippen LogP contribution in [0.15, 0.2) is 12.3 Å². The van der Waals surface area contributed by atoms with Gasteiger partial charge < -0.3 is 9.59 Å². The van der Waals surface area contributed by atoms with Crippen molar-refractivity contribution in [2.45, 2.75) is 0 Å². The molecule has 0 aliphatic heterocycles. The van der Waals surface area contributed by atoms with E-state index >= 15 is 0 Å². The van der Waals surface area contributed by atoms with Crippen LogP contribution in [0.2, 0.25) is 0 Å². The Labute approximate surface area is 43.0 Å². The zero-order chi connectivity index (χ0) is 4.12. The summed E-state index contributed by atoms with van der Waals surface area (Å²) in [5.74, 6) is 0. The number of hydrogen-bond donors (Lipinski definition) is 0. The normalized spacial score (nSPS) is 8.67. The Morgan fingerprint density at radius 3 is 2.33 bits per heavy atom. The highest BCUT2D eigenvalue weighted by molar-refractivity contribution is 6.39. The maximum Gasteiger partial charge on any atom is 0.170 e. The van der Waals surface area contributed by atoms with E-state index < -0.39 is 0 Å². The predicted octanol–water partition coefficient (Wildman–Crippen LogP) is -2.31. The molecule has 0 spiro atoms. The summed E-state index contributed by atoms with van der Waals surface area (Å²) >= 11 is 0. The summed E-state index contributed by atoms with van der Waals surface area (Å²) in [4.78, 5) is 0. The van der Waals surface area contributed by atoms with Crippen molar-refractivity contribution in [3.8, 4) is 0 Å². The van der Waals surface area contributed by atoms with Gasteiger partial charge in [-0.25, -0.2) is 0 Å². The van der Waals surface area contributed by atoms with Crippen molar-refractivity contribution >= 4 is 20.2 Å². The molecule has 0 saturated heterocycles. The highest BCUT2D eigenvalue weighted by Crippen LogP contribution is 1.53. The van der Waals surface area contributed by atoms with E-state index in [0.717, 1.165) is 10.5 Å². The summed E-state index contributed by atoms with van der Waals surface area (Å²) in [6, 6.07) is 0. The minimum absolute atomic E-state index is 0. The maximum atomic E-state index is 4.85. The van der Waals surface area contributed by atoms with Gasteiger partial charge in [-0.1, -0.05) is 5.70 Å². The van der Waals surface area contributed by atoms with Crippen LogP contribution in [-0.2, 0) is 4.12 Å². The molecule has 2 nitrogen and oxygen atoms in total. The molecular formula is C2H10O2Si2. The molecule has 0 heterocycles. The van der Waals surface area contributed by atoms with Crippen LogP contribution in [0.1, 0.15) is 0 Å². The summed E-state index contributed by atoms with van der Waals surface area (Å²) in [5, 5.41) is 0. The first-order valence-corrected chi connectivity index (χ1v) is 3.72. The molecule has 0 saturated carbocycles. The Kier molecular flexibility index (Phi) is 14.0. The number of hydrogen-bond acceptors (Lipinski definition) is 1. The monoisotopic (exact) mass is 122 g/mol. The van der Waals surface area contributed by atoms with Crippen LogP contribution in [0, 0.1) is 0 Å². The van der Waals surface area contributed by atoms with Gasteiger partial charge in [-0.3, -0.25) is 0 Å². The molecule has 38 valence electrons. The van der Waals surface area contributed by atoms with Crippen molar-refractivity contribution in [1.82, 2.24) is 0 Å². The molecule has 0 unspecified atom stereocenters. The van der Waals surface area contributed by atoms with Crippen LogP contribution < -0.4 is 0 Å². The molecule has 0 rings (SSSR count). The van der Waals surface area contributed by atoms with Gasteiger partial charge in [-0.2, -0.15) is 0 Å². The molecule has 0 aromatic heterocycles. The Morgan fingerprint density at radius 2 is 2.33 bits per heavy atom. The first kappa shape index (κ1) is 9.43. The molecule has 0 radical (unpaired) electrons. The fourth-order valence-corrected chi connectivity index (χ4v) is 1.06. The largest absolute Gasteiger partial charge is 0.465 e. The summed E-state index contributed by atoms with van der Waals surface area (Å²) in [6.07, 6.45) is 0. The molecule has 0 fully saturated rings. The second-order valence-electron chi connectivity index (χ2n) is 0.744. The average Bonchev–Trinajstić information content (AvgIpc) is 1.41. The first-order chi connectivity index (χ1) is 2.41. The van der Waals surface area contributed by atoms with Crippen molar-refractivity contribution < 1.29 is 9.59 Å². The summed E-state index contributed by atoms with van der Waals surface area (Å²) in [7, 11) is 0.647. The van der Waals surface area contributed by atoms with Crippen LogP contribution in [0.4, 0.5) is 0 Å². The Balaban J connectivity index is 0. The van der Waals surface area contributed by atoms with E-state index in [0.29, 0.717) is 0 Å². The van der Waals surface area contributed by atoms with E-state index in [1.54, 1.807) is 0 Å². The summed E-state index contributed by atoms with van der Waals surface area (Å²) in [6.45, 7) is 3.51. The minimum atomic E-state index is -0.242. The van der Waals surface area contributed by atoms with Gasteiger partial charge in [-0.05, 0) is 0 Å². The van der Waals surface area contributed by atoms with Crippen molar-refractivity contribution in [3.63, 3.8) is 0 Å². The van der Waals surface area contributed by atoms with E-state index in [2.05, 4.69) is 6.58 Å². The molecule has 4 heteroatoms. The Hall–Kier alpha value is 0.0938. The zero-order valence-electron chi connectivity index (χ0n) is 3.90. The van der Waals surface area contributed by atoms with E-state index in [-0.39, 0.29) is 15.2 Å². The van der Waals surface area contributed by atoms with Gasteiger partial charge in [0.1, 0.15) is 10.5 Å². The third-order valence-electron chi connectivity index (χ3n) is 0.285. The maximum absolute atomic E-state index is 4.85. The lowest BCUT2D eigenvalue weighted by Crippen LogP contribution is -1.85. The van der Waals surface area contributed by atoms with Crippen molar-refractivity contribution in [3.05, 3.63) is 12.3 Å². The van der Waals surface area contributed by atoms with Gasteiger partial charge in [0.15, 0.2) is 9.76 Å². The van der Waals surface area contributed by atoms with Crippen LogP contribution in [0.25, 0.3) is 0 Å². The van der Waals surface area contributed by atoms with Gasteiger partial charge in [0.05, 0.1) is 0 Å². The van der Waals surface area contributed by atoms with E-state index in [1.165, 1.54) is 0 Å². The molecular weight excluding hydrogens is 112 g/mol. The van der Waals surface area contributed by atoms with Crippen molar-refractivity contribution in [2.24, 2.45) is 0 Å². The summed E-state index contributed by atoms with van der Waals surface area (Å²) < 4.78 is 4.85. The topological polar surface area (TPSA) is 40.7 Å². The molecule has 0 aliphatic carbocycles. The van der Waals surface area contributed by atoms with Gasteiger partial charge in [-0.15, -0.1) is 6.58 Å². The van der Waals surface area contributed by atoms with Crippen LogP contribution >= 0.6 is 0 Å². The lowest BCUT2D eigenvalue weighted by molar-refractivity contribution is 0.676. The van der Waals surface area contributed by atoms with Crippen molar-refractivity contribution in [2.75, 3.05) is 0 Å². The third-order valence-corrected chi connectivity index (χ3v) is 1.85. The van der Waals surface area contributed by atoms with Crippen LogP contribution in [0.3, 0.4) is 0 Å². The van der Waals surface area contributed by atoms with Crippen molar-refractivity contribution in [1.29, 1.82) is 0 Å². The second-order valence-corrected chi connectivity index (χ2v) is 3.96. The molecule has 0 aliphatic rings. The van der Waals surface area contributed by atoms with Gasteiger partial charge in [0.25, 0.3) is 0 Å². The molecule has 2 N–H and O–H groups in total. The SMILES string of the molecule is C=C[SiH2]O[SiH3].O. The molecule has 0 aromatic rings. The minimum Gasteiger partial charge on any atom is -0.465 e. The highest BCUT2D eigenvalue weighted by atomic mass is 28.3. The average molecular weight is 122 g/mol. The van der Waals surface area contributed by atoms with Crippen LogP contribution in [-0.4, -0.2) is 25.7 Å². The molecule has 0 amide bonds. The quantitative estimate of drug-likeness (QED) is 0.379. The van der Waals surface area contributed by atoms with E-state index in [1.807, 2.05) is 5.70 Å². The Morgan fingerprint density at radius 1 is 1.83 bits per heavy atom. The molecule has 6 heavy (non-hydrogen) atoms. The van der Waals surface area contributed by atoms with Crippen LogP contribution in [0.5, 0.6) is 0 Å². The molecule has 0 atom stereocenters.